The van der Waals surface area contributed by atoms with Crippen LogP contribution in [0.5, 0.6) is 0 Å². The van der Waals surface area contributed by atoms with Crippen molar-refractivity contribution in [2.24, 2.45) is 9.98 Å². The van der Waals surface area contributed by atoms with E-state index in [9.17, 15) is 26.3 Å². The SMILES string of the molecule is CC1(C)COC(c2cc(C3=NC(C)(C)CO3)c(C(F)(F)F)cc2C(F)(F)F)=N1. The molecule has 0 atom stereocenters. The van der Waals surface area contributed by atoms with E-state index in [4.69, 9.17) is 9.47 Å². The first-order chi connectivity index (χ1) is 12.6. The molecule has 0 saturated carbocycles. The molecule has 0 radical (unpaired) electrons. The summed E-state index contributed by atoms with van der Waals surface area (Å²) in [7, 11) is 0. The smallest absolute Gasteiger partial charge is 0.417 e. The van der Waals surface area contributed by atoms with Crippen molar-refractivity contribution in [3.8, 4) is 0 Å². The first kappa shape index (κ1) is 20.5. The number of nitrogens with zero attached hydrogens (tertiary/aromatic N) is 2. The third-order valence-electron chi connectivity index (χ3n) is 4.16. The monoisotopic (exact) mass is 408 g/mol. The zero-order chi connectivity index (χ0) is 21.1. The molecule has 2 heterocycles. The predicted molar refractivity (Wildman–Crippen MR) is 89.6 cm³/mol. The second kappa shape index (κ2) is 6.12. The van der Waals surface area contributed by atoms with Gasteiger partial charge in [-0.3, -0.25) is 0 Å². The van der Waals surface area contributed by atoms with E-state index < -0.39 is 45.7 Å². The zero-order valence-corrected chi connectivity index (χ0v) is 15.5. The minimum atomic E-state index is -5.04. The highest BCUT2D eigenvalue weighted by Gasteiger charge is 2.44. The molecule has 0 N–H and O–H groups in total. The summed E-state index contributed by atoms with van der Waals surface area (Å²) in [5.41, 5.74) is -5.67. The summed E-state index contributed by atoms with van der Waals surface area (Å²) >= 11 is 0. The molecule has 2 aliphatic heterocycles. The minimum absolute atomic E-state index is 0.0143. The Kier molecular flexibility index (Phi) is 4.47. The number of alkyl halides is 6. The van der Waals surface area contributed by atoms with Crippen molar-refractivity contribution >= 4 is 11.8 Å². The van der Waals surface area contributed by atoms with Crippen LogP contribution in [-0.4, -0.2) is 36.1 Å². The molecule has 154 valence electrons. The molecule has 0 aliphatic carbocycles. The summed E-state index contributed by atoms with van der Waals surface area (Å²) in [5, 5.41) is 0. The molecular weight excluding hydrogens is 390 g/mol. The predicted octanol–water partition coefficient (Wildman–Crippen LogP) is 4.84. The number of hydrogen-bond acceptors (Lipinski definition) is 4. The Labute approximate surface area is 157 Å². The van der Waals surface area contributed by atoms with Gasteiger partial charge in [-0.2, -0.15) is 26.3 Å². The third kappa shape index (κ3) is 3.95. The molecular formula is C18H18F6N2O2. The van der Waals surface area contributed by atoms with Crippen LogP contribution in [0.15, 0.2) is 22.1 Å². The molecule has 10 heteroatoms. The van der Waals surface area contributed by atoms with E-state index in [2.05, 4.69) is 9.98 Å². The molecule has 0 aromatic heterocycles. The number of hydrogen-bond donors (Lipinski definition) is 0. The molecule has 28 heavy (non-hydrogen) atoms. The summed E-state index contributed by atoms with van der Waals surface area (Å²) in [4.78, 5) is 8.17. The van der Waals surface area contributed by atoms with Crippen LogP contribution in [0.3, 0.4) is 0 Å². The van der Waals surface area contributed by atoms with Gasteiger partial charge < -0.3 is 9.47 Å². The van der Waals surface area contributed by atoms with Gasteiger partial charge in [-0.25, -0.2) is 9.98 Å². The van der Waals surface area contributed by atoms with Crippen LogP contribution in [0.2, 0.25) is 0 Å². The lowest BCUT2D eigenvalue weighted by atomic mass is 9.96. The molecule has 0 unspecified atom stereocenters. The van der Waals surface area contributed by atoms with Gasteiger partial charge in [0.1, 0.15) is 13.2 Å². The van der Waals surface area contributed by atoms with Crippen molar-refractivity contribution < 1.29 is 35.8 Å². The van der Waals surface area contributed by atoms with Gasteiger partial charge in [0.05, 0.1) is 22.2 Å². The highest BCUT2D eigenvalue weighted by atomic mass is 19.4. The standard InChI is InChI=1S/C18H18F6N2O2/c1-15(2)7-27-13(25-15)9-5-10(14-26-16(3,4)8-28-14)12(18(22,23)24)6-11(9)17(19,20)21/h5-6H,7-8H2,1-4H3. The Balaban J connectivity index is 2.29. The van der Waals surface area contributed by atoms with Gasteiger partial charge in [0.2, 0.25) is 11.8 Å². The number of aliphatic imine (C=N–C) groups is 2. The summed E-state index contributed by atoms with van der Waals surface area (Å²) in [6.07, 6.45) is -10.1. The molecule has 0 amide bonds. The van der Waals surface area contributed by atoms with Gasteiger partial charge in [0, 0.05) is 11.1 Å². The summed E-state index contributed by atoms with van der Waals surface area (Å²) in [6.45, 7) is 6.60. The number of ether oxygens (including phenoxy) is 2. The van der Waals surface area contributed by atoms with Crippen molar-refractivity contribution in [3.05, 3.63) is 34.4 Å². The maximum absolute atomic E-state index is 13.6. The van der Waals surface area contributed by atoms with Crippen LogP contribution >= 0.6 is 0 Å². The Morgan fingerprint density at radius 1 is 0.714 bits per heavy atom. The highest BCUT2D eigenvalue weighted by Crippen LogP contribution is 2.41. The first-order valence-electron chi connectivity index (χ1n) is 8.38. The lowest BCUT2D eigenvalue weighted by Crippen LogP contribution is -2.21. The molecule has 1 aromatic rings. The number of halogens is 6. The molecule has 0 saturated heterocycles. The fourth-order valence-corrected chi connectivity index (χ4v) is 2.87. The number of benzene rings is 1. The van der Waals surface area contributed by atoms with Crippen LogP contribution in [0.4, 0.5) is 26.3 Å². The maximum atomic E-state index is 13.6. The largest absolute Gasteiger partial charge is 0.475 e. The van der Waals surface area contributed by atoms with E-state index in [-0.39, 0.29) is 31.1 Å². The van der Waals surface area contributed by atoms with Crippen LogP contribution in [-0.2, 0) is 21.8 Å². The molecule has 0 spiro atoms. The molecule has 4 nitrogen and oxygen atoms in total. The third-order valence-corrected chi connectivity index (χ3v) is 4.16. The summed E-state index contributed by atoms with van der Waals surface area (Å²) < 4.78 is 91.9. The lowest BCUT2D eigenvalue weighted by Gasteiger charge is -2.19. The minimum Gasteiger partial charge on any atom is -0.475 e. The zero-order valence-electron chi connectivity index (χ0n) is 15.5. The Bertz CT molecular complexity index is 799. The average molecular weight is 408 g/mol. The van der Waals surface area contributed by atoms with E-state index in [1.165, 1.54) is 0 Å². The summed E-state index contributed by atoms with van der Waals surface area (Å²) in [5.74, 6) is -0.713. The second-order valence-electron chi connectivity index (χ2n) is 7.98. The van der Waals surface area contributed by atoms with Crippen LogP contribution in [0.1, 0.15) is 49.9 Å². The van der Waals surface area contributed by atoms with E-state index >= 15 is 0 Å². The van der Waals surface area contributed by atoms with Gasteiger partial charge in [0.15, 0.2) is 0 Å². The Morgan fingerprint density at radius 3 is 1.32 bits per heavy atom. The Morgan fingerprint density at radius 2 is 1.07 bits per heavy atom. The fourth-order valence-electron chi connectivity index (χ4n) is 2.87. The normalized spacial score (nSPS) is 21.1. The van der Waals surface area contributed by atoms with Crippen molar-refractivity contribution in [1.29, 1.82) is 0 Å². The van der Waals surface area contributed by atoms with Crippen molar-refractivity contribution in [2.45, 2.75) is 51.1 Å². The van der Waals surface area contributed by atoms with Gasteiger partial charge in [-0.05, 0) is 39.8 Å². The fraction of sp³-hybridized carbons (Fsp3) is 0.556. The molecule has 2 aliphatic rings. The Hall–Kier alpha value is -2.26. The second-order valence-corrected chi connectivity index (χ2v) is 7.98. The van der Waals surface area contributed by atoms with Gasteiger partial charge >= 0.3 is 12.4 Å². The van der Waals surface area contributed by atoms with Gasteiger partial charge in [-0.1, -0.05) is 0 Å². The summed E-state index contributed by atoms with van der Waals surface area (Å²) in [6, 6.07) is 0.825. The first-order valence-corrected chi connectivity index (χ1v) is 8.38. The van der Waals surface area contributed by atoms with E-state index in [1.807, 2.05) is 0 Å². The van der Waals surface area contributed by atoms with Crippen molar-refractivity contribution in [1.82, 2.24) is 0 Å². The van der Waals surface area contributed by atoms with Crippen LogP contribution in [0, 0.1) is 0 Å². The van der Waals surface area contributed by atoms with Crippen LogP contribution in [0.25, 0.3) is 0 Å². The van der Waals surface area contributed by atoms with E-state index in [0.29, 0.717) is 0 Å². The van der Waals surface area contributed by atoms with Gasteiger partial charge in [-0.15, -0.1) is 0 Å². The van der Waals surface area contributed by atoms with Crippen molar-refractivity contribution in [2.75, 3.05) is 13.2 Å². The lowest BCUT2D eigenvalue weighted by molar-refractivity contribution is -0.143. The van der Waals surface area contributed by atoms with Crippen molar-refractivity contribution in [3.63, 3.8) is 0 Å². The quantitative estimate of drug-likeness (QED) is 0.658. The van der Waals surface area contributed by atoms with Crippen LogP contribution < -0.4 is 0 Å². The van der Waals surface area contributed by atoms with Gasteiger partial charge in [0.25, 0.3) is 0 Å². The number of rotatable bonds is 2. The molecule has 0 fully saturated rings. The molecule has 0 bridgehead atoms. The molecule has 3 rings (SSSR count). The van der Waals surface area contributed by atoms with E-state index in [0.717, 1.165) is 6.07 Å². The maximum Gasteiger partial charge on any atom is 0.417 e. The molecule has 1 aromatic carbocycles. The highest BCUT2D eigenvalue weighted by molar-refractivity contribution is 6.03. The van der Waals surface area contributed by atoms with E-state index in [1.54, 1.807) is 27.7 Å². The average Bonchev–Trinajstić information content (AvgIpc) is 3.06. The topological polar surface area (TPSA) is 43.2 Å².